The molecule has 0 N–H and O–H groups in total. The summed E-state index contributed by atoms with van der Waals surface area (Å²) in [5.74, 6) is -0.101. The first-order valence-electron chi connectivity index (χ1n) is 7.28. The van der Waals surface area contributed by atoms with Gasteiger partial charge in [0, 0.05) is 29.8 Å². The molecule has 0 radical (unpaired) electrons. The Morgan fingerprint density at radius 3 is 2.10 bits per heavy atom. The summed E-state index contributed by atoms with van der Waals surface area (Å²) >= 11 is 0. The molecule has 4 nitrogen and oxygen atoms in total. The number of carbonyl (C=O) groups is 2. The molecule has 2 atom stereocenters. The molecule has 1 aromatic rings. The summed E-state index contributed by atoms with van der Waals surface area (Å²) in [6, 6.07) is 7.05. The summed E-state index contributed by atoms with van der Waals surface area (Å²) in [7, 11) is 0. The number of nitrogens with zero attached hydrogens (tertiary/aromatic N) is 1. The molecule has 110 valence electrons. The zero-order chi connectivity index (χ0) is 15.1. The number of hydrogen-bond donors (Lipinski definition) is 0. The Hall–Kier alpha value is -1.94. The molecule has 1 aliphatic carbocycles. The first-order chi connectivity index (χ1) is 9.99. The zero-order valence-corrected chi connectivity index (χ0v) is 12.6. The van der Waals surface area contributed by atoms with Gasteiger partial charge in [0.2, 0.25) is 5.78 Å². The molecule has 3 rings (SSSR count). The average Bonchev–Trinajstić information content (AvgIpc) is 2.44. The van der Waals surface area contributed by atoms with Crippen LogP contribution in [0.3, 0.4) is 0 Å². The summed E-state index contributed by atoms with van der Waals surface area (Å²) in [6.07, 6.45) is 0.100. The zero-order valence-electron chi connectivity index (χ0n) is 12.6. The van der Waals surface area contributed by atoms with Crippen LogP contribution in [0.1, 0.15) is 41.5 Å². The lowest BCUT2D eigenvalue weighted by molar-refractivity contribution is -0.0573. The van der Waals surface area contributed by atoms with Gasteiger partial charge >= 0.3 is 0 Å². The second kappa shape index (κ2) is 5.11. The van der Waals surface area contributed by atoms with Gasteiger partial charge in [0.15, 0.2) is 5.78 Å². The molecule has 1 heterocycles. The molecule has 4 heteroatoms. The first kappa shape index (κ1) is 14.0. The van der Waals surface area contributed by atoms with Crippen molar-refractivity contribution in [2.75, 3.05) is 13.1 Å². The van der Waals surface area contributed by atoms with Crippen molar-refractivity contribution in [1.29, 1.82) is 0 Å². The van der Waals surface area contributed by atoms with Gasteiger partial charge in [0.25, 0.3) is 0 Å². The van der Waals surface area contributed by atoms with Crippen molar-refractivity contribution >= 4 is 11.6 Å². The molecule has 2 aliphatic rings. The van der Waals surface area contributed by atoms with Crippen molar-refractivity contribution < 1.29 is 14.3 Å². The molecular formula is C17H19NO3. The van der Waals surface area contributed by atoms with Crippen molar-refractivity contribution in [3.05, 3.63) is 46.7 Å². The molecule has 0 amide bonds. The van der Waals surface area contributed by atoms with Gasteiger partial charge in [-0.1, -0.05) is 24.3 Å². The summed E-state index contributed by atoms with van der Waals surface area (Å²) < 4.78 is 5.71. The minimum absolute atomic E-state index is 0.0491. The van der Waals surface area contributed by atoms with Crippen LogP contribution in [0, 0.1) is 0 Å². The van der Waals surface area contributed by atoms with Crippen molar-refractivity contribution in [3.8, 4) is 0 Å². The highest BCUT2D eigenvalue weighted by Gasteiger charge is 2.35. The Labute approximate surface area is 124 Å². The van der Waals surface area contributed by atoms with Gasteiger partial charge in [-0.15, -0.1) is 0 Å². The Morgan fingerprint density at radius 2 is 1.52 bits per heavy atom. The van der Waals surface area contributed by atoms with Gasteiger partial charge in [-0.25, -0.2) is 0 Å². The lowest BCUT2D eigenvalue weighted by atomic mass is 9.87. The van der Waals surface area contributed by atoms with Crippen LogP contribution in [0.5, 0.6) is 0 Å². The lowest BCUT2D eigenvalue weighted by Crippen LogP contribution is -2.47. The van der Waals surface area contributed by atoms with Crippen molar-refractivity contribution in [2.45, 2.75) is 33.0 Å². The second-order valence-corrected chi connectivity index (χ2v) is 5.84. The molecular weight excluding hydrogens is 266 g/mol. The quantitative estimate of drug-likeness (QED) is 0.795. The van der Waals surface area contributed by atoms with Gasteiger partial charge < -0.3 is 9.64 Å². The van der Waals surface area contributed by atoms with E-state index in [2.05, 4.69) is 0 Å². The van der Waals surface area contributed by atoms with Crippen LogP contribution in [0.25, 0.3) is 0 Å². The highest BCUT2D eigenvalue weighted by molar-refractivity contribution is 6.26. The van der Waals surface area contributed by atoms with E-state index in [-0.39, 0.29) is 23.8 Å². The smallest absolute Gasteiger partial charge is 0.210 e. The number of ether oxygens (including phenoxy) is 1. The van der Waals surface area contributed by atoms with Crippen LogP contribution in [-0.4, -0.2) is 41.8 Å². The van der Waals surface area contributed by atoms with Gasteiger partial charge in [0.05, 0.1) is 17.9 Å². The molecule has 21 heavy (non-hydrogen) atoms. The molecule has 0 aromatic heterocycles. The lowest BCUT2D eigenvalue weighted by Gasteiger charge is -2.39. The van der Waals surface area contributed by atoms with E-state index in [0.29, 0.717) is 35.5 Å². The Bertz CT molecular complexity index is 637. The van der Waals surface area contributed by atoms with E-state index in [1.165, 1.54) is 0 Å². The van der Waals surface area contributed by atoms with Gasteiger partial charge in [-0.2, -0.15) is 0 Å². The molecule has 0 spiro atoms. The van der Waals surface area contributed by atoms with E-state index in [1.54, 1.807) is 31.2 Å². The highest BCUT2D eigenvalue weighted by Crippen LogP contribution is 2.29. The van der Waals surface area contributed by atoms with Crippen LogP contribution in [0.15, 0.2) is 35.5 Å². The third kappa shape index (κ3) is 2.29. The third-order valence-electron chi connectivity index (χ3n) is 4.06. The summed E-state index contributed by atoms with van der Waals surface area (Å²) in [5.41, 5.74) is 2.11. The molecule has 2 unspecified atom stereocenters. The maximum absolute atomic E-state index is 12.8. The predicted octanol–water partition coefficient (Wildman–Crippen LogP) is 2.45. The van der Waals surface area contributed by atoms with E-state index < -0.39 is 0 Å². The summed E-state index contributed by atoms with van der Waals surface area (Å²) in [4.78, 5) is 27.3. The Balaban J connectivity index is 2.04. The fraction of sp³-hybridized carbons (Fsp3) is 0.412. The number of benzene rings is 1. The van der Waals surface area contributed by atoms with Crippen LogP contribution in [0.4, 0.5) is 0 Å². The van der Waals surface area contributed by atoms with E-state index in [4.69, 9.17) is 4.74 Å². The van der Waals surface area contributed by atoms with Gasteiger partial charge in [-0.3, -0.25) is 9.59 Å². The standard InChI is InChI=1S/C17H19NO3/c1-10-8-18(9-11(2)21-10)15-12(3)16(19)13-6-4-5-7-14(13)17(15)20/h4-7,10-11H,8-9H2,1-3H3. The van der Waals surface area contributed by atoms with Crippen LogP contribution in [-0.2, 0) is 4.74 Å². The normalized spacial score (nSPS) is 26.1. The average molecular weight is 285 g/mol. The van der Waals surface area contributed by atoms with Crippen molar-refractivity contribution in [2.24, 2.45) is 0 Å². The van der Waals surface area contributed by atoms with Crippen LogP contribution < -0.4 is 0 Å². The topological polar surface area (TPSA) is 46.6 Å². The van der Waals surface area contributed by atoms with E-state index in [0.717, 1.165) is 0 Å². The molecule has 0 bridgehead atoms. The van der Waals surface area contributed by atoms with Crippen LogP contribution >= 0.6 is 0 Å². The van der Waals surface area contributed by atoms with Crippen LogP contribution in [0.2, 0.25) is 0 Å². The maximum atomic E-state index is 12.8. The van der Waals surface area contributed by atoms with E-state index in [9.17, 15) is 9.59 Å². The van der Waals surface area contributed by atoms with E-state index >= 15 is 0 Å². The second-order valence-electron chi connectivity index (χ2n) is 5.84. The predicted molar refractivity (Wildman–Crippen MR) is 79.4 cm³/mol. The summed E-state index contributed by atoms with van der Waals surface area (Å²) in [5, 5.41) is 0. The monoisotopic (exact) mass is 285 g/mol. The minimum Gasteiger partial charge on any atom is -0.372 e. The molecule has 1 fully saturated rings. The van der Waals surface area contributed by atoms with Crippen molar-refractivity contribution in [1.82, 2.24) is 4.90 Å². The summed E-state index contributed by atoms with van der Waals surface area (Å²) in [6.45, 7) is 7.00. The fourth-order valence-corrected chi connectivity index (χ4v) is 3.23. The van der Waals surface area contributed by atoms with E-state index in [1.807, 2.05) is 18.7 Å². The molecule has 0 saturated carbocycles. The highest BCUT2D eigenvalue weighted by atomic mass is 16.5. The first-order valence-corrected chi connectivity index (χ1v) is 7.28. The number of fused-ring (bicyclic) bond motifs is 1. The third-order valence-corrected chi connectivity index (χ3v) is 4.06. The number of hydrogen-bond acceptors (Lipinski definition) is 4. The number of allylic oxidation sites excluding steroid dienone is 2. The number of carbonyl (C=O) groups excluding carboxylic acids is 2. The Kier molecular flexibility index (Phi) is 3.41. The minimum atomic E-state index is -0.0519. The molecule has 1 saturated heterocycles. The Morgan fingerprint density at radius 1 is 1.00 bits per heavy atom. The van der Waals surface area contributed by atoms with Gasteiger partial charge in [0.1, 0.15) is 0 Å². The number of morpholine rings is 1. The number of Topliss-reactive ketones (excluding diaryl/α,β-unsaturated/α-hetero) is 2. The number of rotatable bonds is 1. The largest absolute Gasteiger partial charge is 0.372 e. The fourth-order valence-electron chi connectivity index (χ4n) is 3.23. The van der Waals surface area contributed by atoms with Gasteiger partial charge in [-0.05, 0) is 20.8 Å². The molecule has 1 aromatic carbocycles. The SMILES string of the molecule is CC1=C(N2CC(C)OC(C)C2)C(=O)c2ccccc2C1=O. The number of ketones is 2. The van der Waals surface area contributed by atoms with Crippen molar-refractivity contribution in [3.63, 3.8) is 0 Å². The maximum Gasteiger partial charge on any atom is 0.210 e. The molecule has 1 aliphatic heterocycles.